The van der Waals surface area contributed by atoms with Gasteiger partial charge in [-0.1, -0.05) is 62.3 Å². The van der Waals surface area contributed by atoms with Crippen molar-refractivity contribution in [3.05, 3.63) is 0 Å². The smallest absolute Gasteiger partial charge is 0.0386 e. The summed E-state index contributed by atoms with van der Waals surface area (Å²) >= 11 is 0. The van der Waals surface area contributed by atoms with E-state index in [9.17, 15) is 0 Å². The Labute approximate surface area is 111 Å². The van der Waals surface area contributed by atoms with Gasteiger partial charge in [-0.15, -0.1) is 0 Å². The van der Waals surface area contributed by atoms with E-state index in [0.29, 0.717) is 0 Å². The highest BCUT2D eigenvalue weighted by molar-refractivity contribution is 4.76. The minimum Gasteiger partial charge on any atom is -0.0625 e. The van der Waals surface area contributed by atoms with Crippen LogP contribution in [-0.4, -0.2) is 0 Å². The van der Waals surface area contributed by atoms with Gasteiger partial charge in [0.1, 0.15) is 0 Å². The van der Waals surface area contributed by atoms with Crippen molar-refractivity contribution < 1.29 is 0 Å². The Bertz CT molecular complexity index is 192. The summed E-state index contributed by atoms with van der Waals surface area (Å²) in [5.74, 6) is 5.85. The molecule has 0 saturated heterocycles. The molecule has 0 radical (unpaired) electrons. The van der Waals surface area contributed by atoms with Gasteiger partial charge in [-0.2, -0.15) is 0 Å². The van der Waals surface area contributed by atoms with Gasteiger partial charge in [-0.05, 0) is 47.8 Å². The standard InChI is InChI=1S/C17H36/c1-11(2)13(5)10-14(6)16(8)17(9)15(7)12(3)4/h11-17H,10H2,1-9H3. The summed E-state index contributed by atoms with van der Waals surface area (Å²) in [6.45, 7) is 21.6. The zero-order valence-corrected chi connectivity index (χ0v) is 13.7. The third-order valence-corrected chi connectivity index (χ3v) is 5.49. The molecule has 17 heavy (non-hydrogen) atoms. The molecule has 0 aliphatic carbocycles. The fraction of sp³-hybridized carbons (Fsp3) is 1.00. The molecule has 0 nitrogen and oxygen atoms in total. The van der Waals surface area contributed by atoms with Gasteiger partial charge in [0, 0.05) is 0 Å². The molecule has 0 aromatic heterocycles. The first kappa shape index (κ1) is 17.0. The molecule has 0 aliphatic rings. The van der Waals surface area contributed by atoms with Crippen LogP contribution < -0.4 is 0 Å². The van der Waals surface area contributed by atoms with Crippen molar-refractivity contribution in [2.75, 3.05) is 0 Å². The second-order valence-electron chi connectivity index (χ2n) is 7.26. The number of rotatable bonds is 7. The van der Waals surface area contributed by atoms with Crippen molar-refractivity contribution in [2.45, 2.75) is 68.7 Å². The van der Waals surface area contributed by atoms with Crippen LogP contribution in [0, 0.1) is 41.4 Å². The fourth-order valence-corrected chi connectivity index (χ4v) is 2.68. The van der Waals surface area contributed by atoms with Crippen LogP contribution in [0.5, 0.6) is 0 Å². The van der Waals surface area contributed by atoms with Gasteiger partial charge in [0.2, 0.25) is 0 Å². The lowest BCUT2D eigenvalue weighted by atomic mass is 9.72. The topological polar surface area (TPSA) is 0 Å². The van der Waals surface area contributed by atoms with Crippen molar-refractivity contribution in [2.24, 2.45) is 41.4 Å². The molecule has 0 aliphatic heterocycles. The van der Waals surface area contributed by atoms with Crippen LogP contribution in [0.2, 0.25) is 0 Å². The summed E-state index contributed by atoms with van der Waals surface area (Å²) in [4.78, 5) is 0. The van der Waals surface area contributed by atoms with E-state index in [0.717, 1.165) is 41.4 Å². The molecule has 0 bridgehead atoms. The largest absolute Gasteiger partial charge is 0.0625 e. The maximum absolute atomic E-state index is 2.46. The van der Waals surface area contributed by atoms with Gasteiger partial charge < -0.3 is 0 Å². The van der Waals surface area contributed by atoms with E-state index >= 15 is 0 Å². The van der Waals surface area contributed by atoms with E-state index in [4.69, 9.17) is 0 Å². The van der Waals surface area contributed by atoms with Gasteiger partial charge in [-0.3, -0.25) is 0 Å². The van der Waals surface area contributed by atoms with Crippen molar-refractivity contribution in [1.29, 1.82) is 0 Å². The lowest BCUT2D eigenvalue weighted by Crippen LogP contribution is -2.26. The van der Waals surface area contributed by atoms with E-state index < -0.39 is 0 Å². The zero-order chi connectivity index (χ0) is 13.7. The van der Waals surface area contributed by atoms with Crippen molar-refractivity contribution in [3.8, 4) is 0 Å². The van der Waals surface area contributed by atoms with Crippen LogP contribution in [0.25, 0.3) is 0 Å². The third-order valence-electron chi connectivity index (χ3n) is 5.49. The van der Waals surface area contributed by atoms with Gasteiger partial charge in [0.05, 0.1) is 0 Å². The molecule has 5 unspecified atom stereocenters. The highest BCUT2D eigenvalue weighted by atomic mass is 14.3. The zero-order valence-electron chi connectivity index (χ0n) is 13.7. The summed E-state index contributed by atoms with van der Waals surface area (Å²) in [6, 6.07) is 0. The molecule has 5 atom stereocenters. The van der Waals surface area contributed by atoms with Crippen LogP contribution in [0.3, 0.4) is 0 Å². The fourth-order valence-electron chi connectivity index (χ4n) is 2.68. The van der Waals surface area contributed by atoms with Crippen molar-refractivity contribution >= 4 is 0 Å². The van der Waals surface area contributed by atoms with Gasteiger partial charge in [0.25, 0.3) is 0 Å². The molecule has 0 heteroatoms. The average molecular weight is 240 g/mol. The van der Waals surface area contributed by atoms with E-state index in [1.165, 1.54) is 6.42 Å². The molecule has 0 amide bonds. The molecular formula is C17H36. The predicted molar refractivity (Wildman–Crippen MR) is 80.1 cm³/mol. The first-order valence-corrected chi connectivity index (χ1v) is 7.68. The average Bonchev–Trinajstić information content (AvgIpc) is 2.25. The summed E-state index contributed by atoms with van der Waals surface area (Å²) in [5, 5.41) is 0. The maximum Gasteiger partial charge on any atom is -0.0386 e. The molecule has 0 fully saturated rings. The van der Waals surface area contributed by atoms with E-state index in [1.807, 2.05) is 0 Å². The summed E-state index contributed by atoms with van der Waals surface area (Å²) < 4.78 is 0. The van der Waals surface area contributed by atoms with Gasteiger partial charge in [-0.25, -0.2) is 0 Å². The third kappa shape index (κ3) is 5.44. The lowest BCUT2D eigenvalue weighted by Gasteiger charge is -2.34. The molecular weight excluding hydrogens is 204 g/mol. The minimum absolute atomic E-state index is 0.808. The number of hydrogen-bond donors (Lipinski definition) is 0. The highest BCUT2D eigenvalue weighted by Crippen LogP contribution is 2.34. The van der Waals surface area contributed by atoms with Crippen LogP contribution in [-0.2, 0) is 0 Å². The van der Waals surface area contributed by atoms with Gasteiger partial charge >= 0.3 is 0 Å². The van der Waals surface area contributed by atoms with E-state index in [1.54, 1.807) is 0 Å². The summed E-state index contributed by atoms with van der Waals surface area (Å²) in [6.07, 6.45) is 1.38. The molecule has 0 N–H and O–H groups in total. The maximum atomic E-state index is 2.46. The molecule has 104 valence electrons. The quantitative estimate of drug-likeness (QED) is 0.522. The first-order valence-electron chi connectivity index (χ1n) is 7.68. The van der Waals surface area contributed by atoms with E-state index in [-0.39, 0.29) is 0 Å². The van der Waals surface area contributed by atoms with Crippen LogP contribution in [0.4, 0.5) is 0 Å². The molecule has 0 spiro atoms. The second kappa shape index (κ2) is 7.44. The van der Waals surface area contributed by atoms with Gasteiger partial charge in [0.15, 0.2) is 0 Å². The Hall–Kier alpha value is 0. The van der Waals surface area contributed by atoms with Crippen molar-refractivity contribution in [3.63, 3.8) is 0 Å². The highest BCUT2D eigenvalue weighted by Gasteiger charge is 2.26. The Kier molecular flexibility index (Phi) is 7.44. The van der Waals surface area contributed by atoms with Crippen LogP contribution in [0.1, 0.15) is 68.7 Å². The summed E-state index contributed by atoms with van der Waals surface area (Å²) in [7, 11) is 0. The minimum atomic E-state index is 0.808. The second-order valence-corrected chi connectivity index (χ2v) is 7.26. The van der Waals surface area contributed by atoms with Crippen LogP contribution >= 0.6 is 0 Å². The predicted octanol–water partition coefficient (Wildman–Crippen LogP) is 5.87. The molecule has 0 saturated carbocycles. The Morgan fingerprint density at radius 1 is 0.471 bits per heavy atom. The lowest BCUT2D eigenvalue weighted by molar-refractivity contribution is 0.154. The monoisotopic (exact) mass is 240 g/mol. The Balaban J connectivity index is 4.34. The SMILES string of the molecule is CC(C)C(C)CC(C)C(C)C(C)C(C)C(C)C. The van der Waals surface area contributed by atoms with E-state index in [2.05, 4.69) is 62.3 Å². The number of hydrogen-bond acceptors (Lipinski definition) is 0. The molecule has 0 rings (SSSR count). The Morgan fingerprint density at radius 2 is 0.941 bits per heavy atom. The van der Waals surface area contributed by atoms with Crippen molar-refractivity contribution in [1.82, 2.24) is 0 Å². The normalized spacial score (nSPS) is 21.4. The molecule has 0 aromatic carbocycles. The van der Waals surface area contributed by atoms with Crippen LogP contribution in [0.15, 0.2) is 0 Å². The summed E-state index contributed by atoms with van der Waals surface area (Å²) in [5.41, 5.74) is 0. The molecule has 0 heterocycles. The first-order chi connectivity index (χ1) is 7.68. The molecule has 0 aromatic rings. The Morgan fingerprint density at radius 3 is 1.29 bits per heavy atom.